The summed E-state index contributed by atoms with van der Waals surface area (Å²) in [6.07, 6.45) is 3.37. The minimum absolute atomic E-state index is 0.167. The standard InChI is InChI=1S/C24H21BrN2O5S/c1-15-4-6-16(7-5-15)23(30)32-19-9-8-18(25)12-17(19)13-20-22(29)27(24(31)33-20)14-21(28)26-10-2-3-11-26/h4-9,12-13H,2-3,10-11,14H2,1H3/b20-13-. The number of carbonyl (C=O) groups is 4. The minimum Gasteiger partial charge on any atom is -0.422 e. The number of nitrogens with zero attached hydrogens (tertiary/aromatic N) is 2. The molecule has 33 heavy (non-hydrogen) atoms. The van der Waals surface area contributed by atoms with Gasteiger partial charge in [-0.3, -0.25) is 19.3 Å². The zero-order valence-electron chi connectivity index (χ0n) is 17.9. The molecule has 9 heteroatoms. The first-order valence-electron chi connectivity index (χ1n) is 10.4. The van der Waals surface area contributed by atoms with Crippen molar-refractivity contribution in [3.8, 4) is 5.75 Å². The van der Waals surface area contributed by atoms with Crippen LogP contribution in [-0.2, 0) is 9.59 Å². The Kier molecular flexibility index (Phi) is 6.99. The molecule has 2 saturated heterocycles. The van der Waals surface area contributed by atoms with Gasteiger partial charge in [-0.25, -0.2) is 4.79 Å². The first-order valence-corrected chi connectivity index (χ1v) is 12.0. The van der Waals surface area contributed by atoms with Gasteiger partial charge in [0.1, 0.15) is 12.3 Å². The lowest BCUT2D eigenvalue weighted by atomic mass is 10.1. The first-order chi connectivity index (χ1) is 15.8. The highest BCUT2D eigenvalue weighted by atomic mass is 79.9. The summed E-state index contributed by atoms with van der Waals surface area (Å²) in [7, 11) is 0. The maximum atomic E-state index is 12.9. The lowest BCUT2D eigenvalue weighted by Crippen LogP contribution is -2.40. The summed E-state index contributed by atoms with van der Waals surface area (Å²) >= 11 is 4.15. The van der Waals surface area contributed by atoms with Gasteiger partial charge in [0.05, 0.1) is 10.5 Å². The van der Waals surface area contributed by atoms with Crippen molar-refractivity contribution in [3.63, 3.8) is 0 Å². The zero-order chi connectivity index (χ0) is 23.5. The molecular formula is C24H21BrN2O5S. The highest BCUT2D eigenvalue weighted by Gasteiger charge is 2.37. The van der Waals surface area contributed by atoms with Gasteiger partial charge in [0.25, 0.3) is 11.1 Å². The number of likely N-dealkylation sites (tertiary alicyclic amines) is 1. The van der Waals surface area contributed by atoms with Gasteiger partial charge in [0, 0.05) is 23.1 Å². The Morgan fingerprint density at radius 3 is 2.48 bits per heavy atom. The van der Waals surface area contributed by atoms with Crippen molar-refractivity contribution in [2.45, 2.75) is 19.8 Å². The molecule has 3 amide bonds. The van der Waals surface area contributed by atoms with Gasteiger partial charge in [-0.15, -0.1) is 0 Å². The fraction of sp³-hybridized carbons (Fsp3) is 0.250. The van der Waals surface area contributed by atoms with Gasteiger partial charge in [0.15, 0.2) is 0 Å². The third-order valence-electron chi connectivity index (χ3n) is 5.37. The van der Waals surface area contributed by atoms with Crippen LogP contribution in [0.2, 0.25) is 0 Å². The Balaban J connectivity index is 1.54. The van der Waals surface area contributed by atoms with E-state index in [9.17, 15) is 19.2 Å². The molecule has 0 aromatic heterocycles. The molecule has 0 unspecified atom stereocenters. The number of halogens is 1. The molecule has 0 bridgehead atoms. The van der Waals surface area contributed by atoms with Gasteiger partial charge in [0.2, 0.25) is 5.91 Å². The van der Waals surface area contributed by atoms with Gasteiger partial charge >= 0.3 is 5.97 Å². The van der Waals surface area contributed by atoms with Crippen molar-refractivity contribution < 1.29 is 23.9 Å². The van der Waals surface area contributed by atoms with E-state index >= 15 is 0 Å². The molecule has 7 nitrogen and oxygen atoms in total. The molecule has 0 atom stereocenters. The molecule has 0 radical (unpaired) electrons. The molecule has 0 saturated carbocycles. The number of hydrogen-bond acceptors (Lipinski definition) is 6. The Morgan fingerprint density at radius 1 is 1.09 bits per heavy atom. The molecule has 170 valence electrons. The van der Waals surface area contributed by atoms with Crippen LogP contribution in [0.4, 0.5) is 4.79 Å². The van der Waals surface area contributed by atoms with Crippen molar-refractivity contribution in [3.05, 3.63) is 68.5 Å². The summed E-state index contributed by atoms with van der Waals surface area (Å²) in [5, 5.41) is -0.494. The van der Waals surface area contributed by atoms with Crippen LogP contribution in [-0.4, -0.2) is 52.5 Å². The van der Waals surface area contributed by atoms with Crippen molar-refractivity contribution in [1.82, 2.24) is 9.80 Å². The predicted molar refractivity (Wildman–Crippen MR) is 129 cm³/mol. The van der Waals surface area contributed by atoms with E-state index < -0.39 is 17.1 Å². The van der Waals surface area contributed by atoms with Crippen LogP contribution in [0, 0.1) is 6.92 Å². The van der Waals surface area contributed by atoms with E-state index in [0.717, 1.165) is 35.1 Å². The zero-order valence-corrected chi connectivity index (χ0v) is 20.3. The Hall–Kier alpha value is -2.91. The number of esters is 1. The number of hydrogen-bond donors (Lipinski definition) is 0. The van der Waals surface area contributed by atoms with E-state index in [1.54, 1.807) is 35.2 Å². The molecule has 2 aromatic rings. The highest BCUT2D eigenvalue weighted by Crippen LogP contribution is 2.35. The Morgan fingerprint density at radius 2 is 1.79 bits per heavy atom. The largest absolute Gasteiger partial charge is 0.422 e. The molecule has 2 aliphatic heterocycles. The second-order valence-electron chi connectivity index (χ2n) is 7.79. The van der Waals surface area contributed by atoms with E-state index in [0.29, 0.717) is 28.7 Å². The summed E-state index contributed by atoms with van der Waals surface area (Å²) in [5.41, 5.74) is 1.88. The summed E-state index contributed by atoms with van der Waals surface area (Å²) < 4.78 is 6.29. The van der Waals surface area contributed by atoms with Gasteiger partial charge in [-0.1, -0.05) is 33.6 Å². The maximum Gasteiger partial charge on any atom is 0.343 e. The highest BCUT2D eigenvalue weighted by molar-refractivity contribution is 9.10. The fourth-order valence-electron chi connectivity index (χ4n) is 3.55. The SMILES string of the molecule is Cc1ccc(C(=O)Oc2ccc(Br)cc2/C=C2\SC(=O)N(CC(=O)N3CCCC3)C2=O)cc1. The van der Waals surface area contributed by atoms with Crippen molar-refractivity contribution in [2.75, 3.05) is 19.6 Å². The van der Waals surface area contributed by atoms with Crippen LogP contribution < -0.4 is 4.74 Å². The van der Waals surface area contributed by atoms with Crippen LogP contribution in [0.1, 0.15) is 34.3 Å². The molecule has 0 N–H and O–H groups in total. The monoisotopic (exact) mass is 528 g/mol. The normalized spacial score (nSPS) is 17.2. The second-order valence-corrected chi connectivity index (χ2v) is 9.70. The number of carbonyl (C=O) groups excluding carboxylic acids is 4. The summed E-state index contributed by atoms with van der Waals surface area (Å²) in [6, 6.07) is 12.0. The quantitative estimate of drug-likeness (QED) is 0.319. The smallest absolute Gasteiger partial charge is 0.343 e. The summed E-state index contributed by atoms with van der Waals surface area (Å²) in [4.78, 5) is 53.1. The Labute approximate surface area is 203 Å². The fourth-order valence-corrected chi connectivity index (χ4v) is 4.76. The predicted octanol–water partition coefficient (Wildman–Crippen LogP) is 4.64. The number of ether oxygens (including phenoxy) is 1. The van der Waals surface area contributed by atoms with E-state index in [-0.39, 0.29) is 23.1 Å². The molecule has 2 fully saturated rings. The number of rotatable bonds is 5. The average Bonchev–Trinajstić information content (AvgIpc) is 3.41. The lowest BCUT2D eigenvalue weighted by molar-refractivity contribution is -0.135. The van der Waals surface area contributed by atoms with Crippen LogP contribution in [0.15, 0.2) is 51.8 Å². The topological polar surface area (TPSA) is 84.0 Å². The molecule has 0 spiro atoms. The van der Waals surface area contributed by atoms with Crippen LogP contribution in [0.25, 0.3) is 6.08 Å². The second kappa shape index (κ2) is 9.93. The van der Waals surface area contributed by atoms with Crippen molar-refractivity contribution in [1.29, 1.82) is 0 Å². The number of aryl methyl sites for hydroxylation is 1. The van der Waals surface area contributed by atoms with Crippen molar-refractivity contribution >= 4 is 56.8 Å². The summed E-state index contributed by atoms with van der Waals surface area (Å²) in [6.45, 7) is 2.96. The number of benzene rings is 2. The van der Waals surface area contributed by atoms with E-state index in [2.05, 4.69) is 15.9 Å². The molecule has 0 aliphatic carbocycles. The van der Waals surface area contributed by atoms with E-state index in [4.69, 9.17) is 4.74 Å². The molecule has 2 aliphatic rings. The third kappa shape index (κ3) is 5.36. The number of imide groups is 1. The first kappa shape index (κ1) is 23.3. The number of thioether (sulfide) groups is 1. The van der Waals surface area contributed by atoms with Crippen molar-refractivity contribution in [2.24, 2.45) is 0 Å². The average molecular weight is 529 g/mol. The van der Waals surface area contributed by atoms with Crippen LogP contribution in [0.3, 0.4) is 0 Å². The van der Waals surface area contributed by atoms with Gasteiger partial charge in [-0.2, -0.15) is 0 Å². The Bertz CT molecular complexity index is 1160. The molecule has 4 rings (SSSR count). The minimum atomic E-state index is -0.534. The van der Waals surface area contributed by atoms with Crippen LogP contribution in [0.5, 0.6) is 5.75 Å². The lowest BCUT2D eigenvalue weighted by Gasteiger charge is -2.18. The molecule has 2 aromatic carbocycles. The van der Waals surface area contributed by atoms with Crippen LogP contribution >= 0.6 is 27.7 Å². The van der Waals surface area contributed by atoms with E-state index in [1.807, 2.05) is 19.1 Å². The molecular weight excluding hydrogens is 508 g/mol. The van der Waals surface area contributed by atoms with Gasteiger partial charge in [-0.05, 0) is 67.9 Å². The number of amides is 3. The third-order valence-corrected chi connectivity index (χ3v) is 6.77. The maximum absolute atomic E-state index is 12.9. The summed E-state index contributed by atoms with van der Waals surface area (Å²) in [5.74, 6) is -1.04. The van der Waals surface area contributed by atoms with E-state index in [1.165, 1.54) is 6.08 Å². The molecule has 2 heterocycles. The van der Waals surface area contributed by atoms with Gasteiger partial charge < -0.3 is 9.64 Å².